The van der Waals surface area contributed by atoms with E-state index in [-0.39, 0.29) is 16.4 Å². The molecule has 0 saturated carbocycles. The van der Waals surface area contributed by atoms with E-state index in [1.54, 1.807) is 13.0 Å². The number of nitrogens with two attached hydrogens (primary N) is 1. The SMILES string of the molecule is COc1cc(C)c(N)cc1S(=O)(=O)CCO. The van der Waals surface area contributed by atoms with Gasteiger partial charge in [-0.05, 0) is 24.6 Å². The van der Waals surface area contributed by atoms with Crippen LogP contribution in [0.15, 0.2) is 17.0 Å². The lowest BCUT2D eigenvalue weighted by molar-refractivity contribution is 0.319. The summed E-state index contributed by atoms with van der Waals surface area (Å²) in [6.07, 6.45) is 0. The lowest BCUT2D eigenvalue weighted by Gasteiger charge is -2.11. The van der Waals surface area contributed by atoms with E-state index >= 15 is 0 Å². The second-order valence-electron chi connectivity index (χ2n) is 3.40. The van der Waals surface area contributed by atoms with Crippen LogP contribution in [0.25, 0.3) is 0 Å². The minimum atomic E-state index is -3.55. The van der Waals surface area contributed by atoms with Gasteiger partial charge in [-0.25, -0.2) is 8.42 Å². The molecule has 0 atom stereocenters. The third-order valence-electron chi connectivity index (χ3n) is 2.25. The number of methoxy groups -OCH3 is 1. The van der Waals surface area contributed by atoms with Gasteiger partial charge in [-0.2, -0.15) is 0 Å². The second-order valence-corrected chi connectivity index (χ2v) is 5.48. The van der Waals surface area contributed by atoms with E-state index < -0.39 is 16.4 Å². The highest BCUT2D eigenvalue weighted by Gasteiger charge is 2.20. The second kappa shape index (κ2) is 4.71. The molecular weight excluding hydrogens is 230 g/mol. The Morgan fingerprint density at radius 3 is 2.56 bits per heavy atom. The third kappa shape index (κ3) is 2.45. The fraction of sp³-hybridized carbons (Fsp3) is 0.400. The normalized spacial score (nSPS) is 11.4. The first-order chi connectivity index (χ1) is 7.42. The van der Waals surface area contributed by atoms with Gasteiger partial charge < -0.3 is 15.6 Å². The van der Waals surface area contributed by atoms with Crippen LogP contribution in [0.5, 0.6) is 5.75 Å². The van der Waals surface area contributed by atoms with Gasteiger partial charge in [0.05, 0.1) is 19.5 Å². The van der Waals surface area contributed by atoms with Crippen LogP contribution in [0.3, 0.4) is 0 Å². The van der Waals surface area contributed by atoms with E-state index in [4.69, 9.17) is 15.6 Å². The van der Waals surface area contributed by atoms with Crippen LogP contribution >= 0.6 is 0 Å². The van der Waals surface area contributed by atoms with Crippen molar-refractivity contribution in [3.63, 3.8) is 0 Å². The van der Waals surface area contributed by atoms with Crippen molar-refractivity contribution < 1.29 is 18.3 Å². The summed E-state index contributed by atoms with van der Waals surface area (Å²) >= 11 is 0. The molecule has 0 spiro atoms. The molecule has 0 saturated heterocycles. The molecule has 0 aliphatic heterocycles. The van der Waals surface area contributed by atoms with Crippen LogP contribution < -0.4 is 10.5 Å². The highest BCUT2D eigenvalue weighted by Crippen LogP contribution is 2.29. The summed E-state index contributed by atoms with van der Waals surface area (Å²) in [6, 6.07) is 2.93. The number of anilines is 1. The number of ether oxygens (including phenoxy) is 1. The number of sulfone groups is 1. The average molecular weight is 245 g/mol. The van der Waals surface area contributed by atoms with Crippen molar-refractivity contribution in [2.24, 2.45) is 0 Å². The molecule has 0 fully saturated rings. The minimum absolute atomic E-state index is 0.0205. The average Bonchev–Trinajstić information content (AvgIpc) is 2.21. The van der Waals surface area contributed by atoms with E-state index in [0.29, 0.717) is 5.69 Å². The van der Waals surface area contributed by atoms with E-state index in [1.165, 1.54) is 13.2 Å². The maximum atomic E-state index is 11.8. The highest BCUT2D eigenvalue weighted by molar-refractivity contribution is 7.91. The summed E-state index contributed by atoms with van der Waals surface area (Å²) in [4.78, 5) is 0.0205. The van der Waals surface area contributed by atoms with Gasteiger partial charge in [0, 0.05) is 5.69 Å². The van der Waals surface area contributed by atoms with Gasteiger partial charge in [-0.15, -0.1) is 0 Å². The van der Waals surface area contributed by atoms with Gasteiger partial charge in [-0.3, -0.25) is 0 Å². The van der Waals surface area contributed by atoms with Gasteiger partial charge >= 0.3 is 0 Å². The molecule has 0 unspecified atom stereocenters. The predicted molar refractivity (Wildman–Crippen MR) is 61.3 cm³/mol. The van der Waals surface area contributed by atoms with Crippen LogP contribution in [0.2, 0.25) is 0 Å². The van der Waals surface area contributed by atoms with Crippen LogP contribution in [-0.2, 0) is 9.84 Å². The van der Waals surface area contributed by atoms with Crippen LogP contribution in [-0.4, -0.2) is 33.0 Å². The minimum Gasteiger partial charge on any atom is -0.495 e. The topological polar surface area (TPSA) is 89.6 Å². The Balaban J connectivity index is 3.38. The molecule has 0 aromatic heterocycles. The van der Waals surface area contributed by atoms with Crippen LogP contribution in [0.4, 0.5) is 5.69 Å². The van der Waals surface area contributed by atoms with Gasteiger partial charge in [-0.1, -0.05) is 0 Å². The summed E-state index contributed by atoms with van der Waals surface area (Å²) in [5, 5.41) is 8.70. The molecule has 0 bridgehead atoms. The molecule has 1 aromatic carbocycles. The molecular formula is C10H15NO4S. The van der Waals surface area contributed by atoms with Crippen LogP contribution in [0, 0.1) is 6.92 Å². The van der Waals surface area contributed by atoms with E-state index in [1.807, 2.05) is 0 Å². The fourth-order valence-electron chi connectivity index (χ4n) is 1.31. The first-order valence-electron chi connectivity index (χ1n) is 4.70. The fourth-order valence-corrected chi connectivity index (χ4v) is 2.53. The molecule has 90 valence electrons. The summed E-state index contributed by atoms with van der Waals surface area (Å²) in [7, 11) is -2.16. The Bertz CT molecular complexity index is 482. The molecule has 1 aromatic rings. The third-order valence-corrected chi connectivity index (χ3v) is 3.96. The molecule has 5 nitrogen and oxygen atoms in total. The Morgan fingerprint density at radius 2 is 2.06 bits per heavy atom. The lowest BCUT2D eigenvalue weighted by atomic mass is 10.2. The Morgan fingerprint density at radius 1 is 1.44 bits per heavy atom. The van der Waals surface area contributed by atoms with E-state index in [0.717, 1.165) is 5.56 Å². The lowest BCUT2D eigenvalue weighted by Crippen LogP contribution is -2.12. The molecule has 0 heterocycles. The molecule has 0 aliphatic rings. The Labute approximate surface area is 94.8 Å². The molecule has 0 radical (unpaired) electrons. The maximum absolute atomic E-state index is 11.8. The summed E-state index contributed by atoms with van der Waals surface area (Å²) < 4.78 is 28.6. The molecule has 16 heavy (non-hydrogen) atoms. The molecule has 0 aliphatic carbocycles. The van der Waals surface area contributed by atoms with Gasteiger partial charge in [0.2, 0.25) is 0 Å². The summed E-state index contributed by atoms with van der Waals surface area (Å²) in [5.41, 5.74) is 6.79. The first-order valence-corrected chi connectivity index (χ1v) is 6.35. The summed E-state index contributed by atoms with van der Waals surface area (Å²) in [6.45, 7) is 1.33. The maximum Gasteiger partial charge on any atom is 0.184 e. The number of rotatable bonds is 4. The largest absolute Gasteiger partial charge is 0.495 e. The van der Waals surface area contributed by atoms with Gasteiger partial charge in [0.15, 0.2) is 9.84 Å². The van der Waals surface area contributed by atoms with Crippen molar-refractivity contribution in [1.29, 1.82) is 0 Å². The standard InChI is InChI=1S/C10H15NO4S/c1-7-5-9(15-2)10(6-8(7)11)16(13,14)4-3-12/h5-6,12H,3-4,11H2,1-2H3. The first kappa shape index (κ1) is 12.8. The van der Waals surface area contributed by atoms with Crippen molar-refractivity contribution in [1.82, 2.24) is 0 Å². The zero-order chi connectivity index (χ0) is 12.3. The van der Waals surface area contributed by atoms with Gasteiger partial charge in [0.25, 0.3) is 0 Å². The summed E-state index contributed by atoms with van der Waals surface area (Å²) in [5.74, 6) is -0.0913. The van der Waals surface area contributed by atoms with Gasteiger partial charge in [0.1, 0.15) is 10.6 Å². The number of benzene rings is 1. The zero-order valence-electron chi connectivity index (χ0n) is 9.23. The van der Waals surface area contributed by atoms with E-state index in [2.05, 4.69) is 0 Å². The quantitative estimate of drug-likeness (QED) is 0.747. The number of nitrogen functional groups attached to an aromatic ring is 1. The Kier molecular flexibility index (Phi) is 3.77. The van der Waals surface area contributed by atoms with Crippen molar-refractivity contribution in [3.8, 4) is 5.75 Å². The monoisotopic (exact) mass is 245 g/mol. The van der Waals surface area contributed by atoms with Crippen LogP contribution in [0.1, 0.15) is 5.56 Å². The van der Waals surface area contributed by atoms with Crippen molar-refractivity contribution in [3.05, 3.63) is 17.7 Å². The number of hydrogen-bond acceptors (Lipinski definition) is 5. The highest BCUT2D eigenvalue weighted by atomic mass is 32.2. The number of aliphatic hydroxyl groups is 1. The zero-order valence-corrected chi connectivity index (χ0v) is 10.0. The molecule has 6 heteroatoms. The predicted octanol–water partition coefficient (Wildman–Crippen LogP) is 0.352. The molecule has 1 rings (SSSR count). The molecule has 0 amide bonds. The van der Waals surface area contributed by atoms with Crippen molar-refractivity contribution >= 4 is 15.5 Å². The van der Waals surface area contributed by atoms with Crippen molar-refractivity contribution in [2.75, 3.05) is 25.2 Å². The Hall–Kier alpha value is -1.27. The van der Waals surface area contributed by atoms with Crippen molar-refractivity contribution in [2.45, 2.75) is 11.8 Å². The smallest absolute Gasteiger partial charge is 0.184 e. The number of aryl methyl sites for hydroxylation is 1. The number of aliphatic hydroxyl groups excluding tert-OH is 1. The van der Waals surface area contributed by atoms with E-state index in [9.17, 15) is 8.42 Å². The number of hydrogen-bond donors (Lipinski definition) is 2. The molecule has 3 N–H and O–H groups in total.